The molecule has 0 bridgehead atoms. The average molecular weight is 312 g/mol. The second-order valence-corrected chi connectivity index (χ2v) is 4.86. The molecule has 2 nitrogen and oxygen atoms in total. The minimum absolute atomic E-state index is 0.287. The van der Waals surface area contributed by atoms with Gasteiger partial charge in [0.2, 0.25) is 0 Å². The van der Waals surface area contributed by atoms with Crippen LogP contribution in [0.2, 0.25) is 0 Å². The van der Waals surface area contributed by atoms with Crippen LogP contribution in [0.25, 0.3) is 16.7 Å². The van der Waals surface area contributed by atoms with E-state index in [0.717, 1.165) is 12.1 Å². The number of rotatable bonds is 1. The molecule has 2 aromatic carbocycles. The molecule has 0 radical (unpaired) electrons. The highest BCUT2D eigenvalue weighted by Crippen LogP contribution is 2.30. The zero-order valence-electron chi connectivity index (χ0n) is 10.4. The Morgan fingerprint density at radius 3 is 2.29 bits per heavy atom. The summed E-state index contributed by atoms with van der Waals surface area (Å²) >= 11 is 5.15. The standard InChI is InChI=1S/C14H8F4N2S/c15-9-3-6-12-11(7-9)19-13(21)20(12)10-4-1-8(2-5-10)14(16,17)18/h1-7H,(H,19,21). The molecule has 3 rings (SSSR count). The van der Waals surface area contributed by atoms with Gasteiger partial charge in [0.15, 0.2) is 4.77 Å². The Hall–Kier alpha value is -2.15. The van der Waals surface area contributed by atoms with Crippen LogP contribution in [0.4, 0.5) is 17.6 Å². The van der Waals surface area contributed by atoms with Crippen LogP contribution in [0.5, 0.6) is 0 Å². The van der Waals surface area contributed by atoms with E-state index in [4.69, 9.17) is 12.2 Å². The quantitative estimate of drug-likeness (QED) is 0.503. The number of hydrogen-bond donors (Lipinski definition) is 1. The lowest BCUT2D eigenvalue weighted by molar-refractivity contribution is -0.137. The summed E-state index contributed by atoms with van der Waals surface area (Å²) < 4.78 is 52.7. The summed E-state index contributed by atoms with van der Waals surface area (Å²) in [6, 6.07) is 8.70. The molecule has 108 valence electrons. The van der Waals surface area contributed by atoms with Crippen LogP contribution in [0.3, 0.4) is 0 Å². The number of halogens is 4. The maximum Gasteiger partial charge on any atom is 0.416 e. The molecule has 1 aromatic heterocycles. The second-order valence-electron chi connectivity index (χ2n) is 4.47. The van der Waals surface area contributed by atoms with E-state index in [2.05, 4.69) is 4.98 Å². The fourth-order valence-corrected chi connectivity index (χ4v) is 2.45. The third-order valence-electron chi connectivity index (χ3n) is 3.10. The van der Waals surface area contributed by atoms with Gasteiger partial charge in [-0.3, -0.25) is 4.57 Å². The van der Waals surface area contributed by atoms with Crippen molar-refractivity contribution in [1.29, 1.82) is 0 Å². The van der Waals surface area contributed by atoms with Crippen molar-refractivity contribution in [2.24, 2.45) is 0 Å². The monoisotopic (exact) mass is 312 g/mol. The predicted molar refractivity (Wildman–Crippen MR) is 73.4 cm³/mol. The van der Waals surface area contributed by atoms with E-state index in [1.807, 2.05) is 0 Å². The molecule has 0 aliphatic carbocycles. The third kappa shape index (κ3) is 2.44. The first kappa shape index (κ1) is 13.8. The molecule has 0 spiro atoms. The number of aromatic nitrogens is 2. The van der Waals surface area contributed by atoms with Crippen molar-refractivity contribution in [2.75, 3.05) is 0 Å². The van der Waals surface area contributed by atoms with Gasteiger partial charge < -0.3 is 4.98 Å². The number of imidazole rings is 1. The fourth-order valence-electron chi connectivity index (χ4n) is 2.14. The first-order valence-corrected chi connectivity index (χ1v) is 6.35. The lowest BCUT2D eigenvalue weighted by Crippen LogP contribution is -2.05. The summed E-state index contributed by atoms with van der Waals surface area (Å²) in [4.78, 5) is 2.83. The maximum absolute atomic E-state index is 13.2. The minimum Gasteiger partial charge on any atom is -0.330 e. The Labute approximate surface area is 121 Å². The van der Waals surface area contributed by atoms with Gasteiger partial charge in [-0.2, -0.15) is 13.2 Å². The maximum atomic E-state index is 13.2. The topological polar surface area (TPSA) is 20.7 Å². The van der Waals surface area contributed by atoms with Gasteiger partial charge >= 0.3 is 6.18 Å². The lowest BCUT2D eigenvalue weighted by Gasteiger charge is -2.09. The van der Waals surface area contributed by atoms with Crippen LogP contribution in [0, 0.1) is 10.6 Å². The predicted octanol–water partition coefficient (Wildman–Crippen LogP) is 4.85. The van der Waals surface area contributed by atoms with E-state index < -0.39 is 17.6 Å². The van der Waals surface area contributed by atoms with Gasteiger partial charge in [-0.1, -0.05) is 0 Å². The van der Waals surface area contributed by atoms with Crippen molar-refractivity contribution in [1.82, 2.24) is 9.55 Å². The van der Waals surface area contributed by atoms with Crippen LogP contribution in [-0.2, 0) is 6.18 Å². The molecule has 0 amide bonds. The van der Waals surface area contributed by atoms with Crippen LogP contribution >= 0.6 is 12.2 Å². The van der Waals surface area contributed by atoms with Crippen molar-refractivity contribution in [3.8, 4) is 5.69 Å². The van der Waals surface area contributed by atoms with Crippen LogP contribution < -0.4 is 0 Å². The van der Waals surface area contributed by atoms with Gasteiger partial charge in [0.05, 0.1) is 16.6 Å². The van der Waals surface area contributed by atoms with E-state index in [0.29, 0.717) is 16.7 Å². The van der Waals surface area contributed by atoms with Crippen molar-refractivity contribution in [3.05, 3.63) is 58.6 Å². The molecule has 0 aliphatic heterocycles. The van der Waals surface area contributed by atoms with Gasteiger partial charge in [0.1, 0.15) is 5.82 Å². The van der Waals surface area contributed by atoms with E-state index in [9.17, 15) is 17.6 Å². The highest BCUT2D eigenvalue weighted by Gasteiger charge is 2.30. The Kier molecular flexibility index (Phi) is 3.09. The highest BCUT2D eigenvalue weighted by atomic mass is 32.1. The summed E-state index contributed by atoms with van der Waals surface area (Å²) in [5.74, 6) is -0.418. The number of benzene rings is 2. The number of nitrogens with one attached hydrogen (secondary N) is 1. The number of alkyl halides is 3. The lowest BCUT2D eigenvalue weighted by atomic mass is 10.2. The molecule has 3 aromatic rings. The average Bonchev–Trinajstić information content (AvgIpc) is 2.73. The van der Waals surface area contributed by atoms with E-state index in [1.165, 1.54) is 30.3 Å². The van der Waals surface area contributed by atoms with Crippen molar-refractivity contribution < 1.29 is 17.6 Å². The molecule has 0 aliphatic rings. The Morgan fingerprint density at radius 1 is 1.00 bits per heavy atom. The molecular weight excluding hydrogens is 304 g/mol. The van der Waals surface area contributed by atoms with Crippen LogP contribution in [0.1, 0.15) is 5.56 Å². The molecule has 21 heavy (non-hydrogen) atoms. The van der Waals surface area contributed by atoms with Gasteiger partial charge in [-0.15, -0.1) is 0 Å². The summed E-state index contributed by atoms with van der Waals surface area (Å²) in [7, 11) is 0. The van der Waals surface area contributed by atoms with E-state index in [1.54, 1.807) is 4.57 Å². The number of H-pyrrole nitrogens is 1. The summed E-state index contributed by atoms with van der Waals surface area (Å²) in [6.07, 6.45) is -4.39. The molecule has 1 N–H and O–H groups in total. The smallest absolute Gasteiger partial charge is 0.330 e. The van der Waals surface area contributed by atoms with Gasteiger partial charge in [-0.05, 0) is 54.7 Å². The highest BCUT2D eigenvalue weighted by molar-refractivity contribution is 7.71. The Morgan fingerprint density at radius 2 is 1.67 bits per heavy atom. The zero-order valence-corrected chi connectivity index (χ0v) is 11.2. The molecule has 7 heteroatoms. The van der Waals surface area contributed by atoms with Crippen molar-refractivity contribution in [3.63, 3.8) is 0 Å². The molecular formula is C14H8F4N2S. The third-order valence-corrected chi connectivity index (χ3v) is 3.38. The summed E-state index contributed by atoms with van der Waals surface area (Å²) in [6.45, 7) is 0. The number of nitrogens with zero attached hydrogens (tertiary/aromatic N) is 1. The molecule has 0 atom stereocenters. The second kappa shape index (κ2) is 4.70. The normalized spacial score (nSPS) is 12.0. The molecule has 1 heterocycles. The van der Waals surface area contributed by atoms with Crippen LogP contribution in [-0.4, -0.2) is 9.55 Å². The number of aromatic amines is 1. The van der Waals surface area contributed by atoms with Crippen LogP contribution in [0.15, 0.2) is 42.5 Å². The molecule has 0 saturated heterocycles. The van der Waals surface area contributed by atoms with E-state index in [-0.39, 0.29) is 4.77 Å². The van der Waals surface area contributed by atoms with Crippen molar-refractivity contribution >= 4 is 23.3 Å². The molecule has 0 fully saturated rings. The molecule has 0 unspecified atom stereocenters. The minimum atomic E-state index is -4.39. The van der Waals surface area contributed by atoms with Gasteiger partial charge in [0, 0.05) is 5.69 Å². The number of hydrogen-bond acceptors (Lipinski definition) is 1. The SMILES string of the molecule is Fc1ccc2c(c1)[nH]c(=S)n2-c1ccc(C(F)(F)F)cc1. The molecule has 0 saturated carbocycles. The summed E-state index contributed by atoms with van der Waals surface area (Å²) in [5.41, 5.74) is 0.829. The Bertz CT molecular complexity index is 859. The first-order chi connectivity index (χ1) is 9.86. The first-order valence-electron chi connectivity index (χ1n) is 5.94. The summed E-state index contributed by atoms with van der Waals surface area (Å²) in [5, 5.41) is 0. The van der Waals surface area contributed by atoms with Gasteiger partial charge in [-0.25, -0.2) is 4.39 Å². The van der Waals surface area contributed by atoms with Gasteiger partial charge in [0.25, 0.3) is 0 Å². The largest absolute Gasteiger partial charge is 0.416 e. The van der Waals surface area contributed by atoms with Crippen molar-refractivity contribution in [2.45, 2.75) is 6.18 Å². The Balaban J connectivity index is 2.17. The fraction of sp³-hybridized carbons (Fsp3) is 0.0714. The number of fused-ring (bicyclic) bond motifs is 1. The van der Waals surface area contributed by atoms with E-state index >= 15 is 0 Å². The zero-order chi connectivity index (χ0) is 15.2.